The zero-order valence-electron chi connectivity index (χ0n) is 6.85. The molecule has 0 aromatic heterocycles. The fourth-order valence-electron chi connectivity index (χ4n) is 2.51. The van der Waals surface area contributed by atoms with Gasteiger partial charge < -0.3 is 4.74 Å². The second-order valence-corrected chi connectivity index (χ2v) is 3.70. The summed E-state index contributed by atoms with van der Waals surface area (Å²) in [6, 6.07) is 0. The van der Waals surface area contributed by atoms with Crippen molar-refractivity contribution in [1.82, 2.24) is 5.32 Å². The Morgan fingerprint density at radius 1 is 0.786 bits per heavy atom. The summed E-state index contributed by atoms with van der Waals surface area (Å²) in [7, 11) is 0. The number of carbonyl (C=O) groups is 4. The minimum Gasteiger partial charge on any atom is -0.393 e. The Morgan fingerprint density at radius 3 is 1.64 bits per heavy atom. The second kappa shape index (κ2) is 2.02. The summed E-state index contributed by atoms with van der Waals surface area (Å²) in [6.07, 6.45) is 0. The molecular weight excluding hydrogens is 190 g/mol. The van der Waals surface area contributed by atoms with Crippen LogP contribution in [0, 0.1) is 23.7 Å². The van der Waals surface area contributed by atoms with Crippen LogP contribution in [-0.2, 0) is 23.9 Å². The number of carbonyl (C=O) groups excluding carboxylic acids is 4. The summed E-state index contributed by atoms with van der Waals surface area (Å²) < 4.78 is 4.37. The van der Waals surface area contributed by atoms with Crippen LogP contribution < -0.4 is 5.32 Å². The van der Waals surface area contributed by atoms with Gasteiger partial charge in [-0.1, -0.05) is 0 Å². The molecule has 0 radical (unpaired) electrons. The topological polar surface area (TPSA) is 89.5 Å². The highest BCUT2D eigenvalue weighted by molar-refractivity contribution is 6.14. The molecule has 3 rings (SSSR count). The van der Waals surface area contributed by atoms with Gasteiger partial charge in [-0.25, -0.2) is 0 Å². The van der Waals surface area contributed by atoms with E-state index in [4.69, 9.17) is 0 Å². The van der Waals surface area contributed by atoms with E-state index >= 15 is 0 Å². The van der Waals surface area contributed by atoms with E-state index in [9.17, 15) is 19.2 Å². The Bertz CT molecular complexity index is 319. The van der Waals surface area contributed by atoms with Crippen molar-refractivity contribution in [1.29, 1.82) is 0 Å². The predicted octanol–water partition coefficient (Wildman–Crippen LogP) is -1.80. The Labute approximate surface area is 77.6 Å². The standard InChI is InChI=1S/C8H5NO5/c10-5-1-2(6(11)9-5)4-3(1)7(12)14-8(4)13/h1-4H,(H,9,10,11). The van der Waals surface area contributed by atoms with Gasteiger partial charge in [0.05, 0.1) is 23.7 Å². The molecule has 4 atom stereocenters. The van der Waals surface area contributed by atoms with Crippen LogP contribution in [0.15, 0.2) is 0 Å². The molecule has 2 heterocycles. The smallest absolute Gasteiger partial charge is 0.318 e. The highest BCUT2D eigenvalue weighted by Crippen LogP contribution is 2.53. The van der Waals surface area contributed by atoms with E-state index < -0.39 is 47.4 Å². The lowest BCUT2D eigenvalue weighted by atomic mass is 9.59. The van der Waals surface area contributed by atoms with Crippen LogP contribution in [0.4, 0.5) is 0 Å². The molecule has 1 aliphatic carbocycles. The third-order valence-corrected chi connectivity index (χ3v) is 3.14. The van der Waals surface area contributed by atoms with Crippen molar-refractivity contribution in [3.63, 3.8) is 0 Å². The monoisotopic (exact) mass is 195 g/mol. The van der Waals surface area contributed by atoms with Crippen LogP contribution >= 0.6 is 0 Å². The maximum absolute atomic E-state index is 11.2. The molecule has 1 N–H and O–H groups in total. The summed E-state index contributed by atoms with van der Waals surface area (Å²) in [4.78, 5) is 44.6. The summed E-state index contributed by atoms with van der Waals surface area (Å²) in [6.45, 7) is 0. The molecule has 72 valence electrons. The fourth-order valence-corrected chi connectivity index (χ4v) is 2.51. The zero-order chi connectivity index (χ0) is 10.0. The van der Waals surface area contributed by atoms with Gasteiger partial charge in [0.2, 0.25) is 11.8 Å². The van der Waals surface area contributed by atoms with Crippen LogP contribution in [0.2, 0.25) is 0 Å². The van der Waals surface area contributed by atoms with Gasteiger partial charge in [-0.3, -0.25) is 24.5 Å². The van der Waals surface area contributed by atoms with Crippen molar-refractivity contribution in [2.75, 3.05) is 0 Å². The van der Waals surface area contributed by atoms with Gasteiger partial charge in [-0.15, -0.1) is 0 Å². The number of esters is 2. The highest BCUT2D eigenvalue weighted by atomic mass is 16.6. The number of fused-ring (bicyclic) bond motifs is 4. The molecule has 0 bridgehead atoms. The second-order valence-electron chi connectivity index (χ2n) is 3.70. The van der Waals surface area contributed by atoms with E-state index in [0.29, 0.717) is 0 Å². The number of rotatable bonds is 0. The van der Waals surface area contributed by atoms with Gasteiger partial charge in [0.25, 0.3) is 0 Å². The molecule has 2 saturated heterocycles. The predicted molar refractivity (Wildman–Crippen MR) is 38.2 cm³/mol. The molecule has 3 fully saturated rings. The van der Waals surface area contributed by atoms with Gasteiger partial charge in [0.1, 0.15) is 0 Å². The Balaban J connectivity index is 2.03. The van der Waals surface area contributed by atoms with Crippen molar-refractivity contribution in [3.05, 3.63) is 0 Å². The molecule has 3 aliphatic rings. The molecule has 6 heteroatoms. The quantitative estimate of drug-likeness (QED) is 0.280. The lowest BCUT2D eigenvalue weighted by molar-refractivity contribution is -0.154. The Morgan fingerprint density at radius 2 is 1.21 bits per heavy atom. The molecule has 0 aromatic rings. The molecular formula is C8H5NO5. The van der Waals surface area contributed by atoms with Gasteiger partial charge in [0, 0.05) is 0 Å². The van der Waals surface area contributed by atoms with Crippen molar-refractivity contribution in [3.8, 4) is 0 Å². The average Bonchev–Trinajstić information content (AvgIpc) is 2.31. The molecule has 2 amide bonds. The SMILES string of the molecule is O=C1NC(=O)C2C1C1C(=O)OC(=O)C21. The minimum absolute atomic E-state index is 0.465. The lowest BCUT2D eigenvalue weighted by Crippen LogP contribution is -2.50. The third-order valence-electron chi connectivity index (χ3n) is 3.14. The molecule has 1 saturated carbocycles. The van der Waals surface area contributed by atoms with Gasteiger partial charge in [0.15, 0.2) is 0 Å². The van der Waals surface area contributed by atoms with Gasteiger partial charge >= 0.3 is 11.9 Å². The molecule has 0 spiro atoms. The molecule has 4 unspecified atom stereocenters. The normalized spacial score (nSPS) is 44.0. The first-order valence-corrected chi connectivity index (χ1v) is 4.21. The first-order chi connectivity index (χ1) is 6.61. The number of nitrogens with one attached hydrogen (secondary N) is 1. The van der Waals surface area contributed by atoms with Crippen LogP contribution in [0.1, 0.15) is 0 Å². The highest BCUT2D eigenvalue weighted by Gasteiger charge is 2.71. The summed E-state index contributed by atoms with van der Waals surface area (Å²) in [5, 5.41) is 2.11. The first-order valence-electron chi connectivity index (χ1n) is 4.21. The average molecular weight is 195 g/mol. The fraction of sp³-hybridized carbons (Fsp3) is 0.500. The van der Waals surface area contributed by atoms with E-state index in [0.717, 1.165) is 0 Å². The molecule has 14 heavy (non-hydrogen) atoms. The zero-order valence-corrected chi connectivity index (χ0v) is 6.85. The molecule has 0 aromatic carbocycles. The van der Waals surface area contributed by atoms with Crippen LogP contribution in [0.25, 0.3) is 0 Å². The molecule has 2 aliphatic heterocycles. The van der Waals surface area contributed by atoms with E-state index in [2.05, 4.69) is 10.1 Å². The van der Waals surface area contributed by atoms with Crippen molar-refractivity contribution >= 4 is 23.8 Å². The van der Waals surface area contributed by atoms with Crippen LogP contribution in [-0.4, -0.2) is 23.8 Å². The van der Waals surface area contributed by atoms with E-state index in [1.165, 1.54) is 0 Å². The Hall–Kier alpha value is -1.72. The van der Waals surface area contributed by atoms with E-state index in [1.807, 2.05) is 0 Å². The first kappa shape index (κ1) is 7.66. The van der Waals surface area contributed by atoms with Gasteiger partial charge in [-0.05, 0) is 0 Å². The maximum Gasteiger partial charge on any atom is 0.318 e. The van der Waals surface area contributed by atoms with Gasteiger partial charge in [-0.2, -0.15) is 0 Å². The number of imide groups is 1. The lowest BCUT2D eigenvalue weighted by Gasteiger charge is -2.34. The number of hydrogen-bond donors (Lipinski definition) is 1. The summed E-state index contributed by atoms with van der Waals surface area (Å²) >= 11 is 0. The number of cyclic esters (lactones) is 2. The molecule has 6 nitrogen and oxygen atoms in total. The van der Waals surface area contributed by atoms with Crippen molar-refractivity contribution < 1.29 is 23.9 Å². The largest absolute Gasteiger partial charge is 0.393 e. The number of hydrogen-bond acceptors (Lipinski definition) is 5. The third kappa shape index (κ3) is 0.604. The van der Waals surface area contributed by atoms with Crippen molar-refractivity contribution in [2.45, 2.75) is 0 Å². The Kier molecular flexibility index (Phi) is 1.11. The summed E-state index contributed by atoms with van der Waals surface area (Å²) in [5.74, 6) is -5.08. The summed E-state index contributed by atoms with van der Waals surface area (Å²) in [5.41, 5.74) is 0. The maximum atomic E-state index is 11.2. The van der Waals surface area contributed by atoms with Crippen molar-refractivity contribution in [2.24, 2.45) is 23.7 Å². The van der Waals surface area contributed by atoms with Crippen LogP contribution in [0.5, 0.6) is 0 Å². The minimum atomic E-state index is -0.723. The van der Waals surface area contributed by atoms with Crippen LogP contribution in [0.3, 0.4) is 0 Å². The number of ether oxygens (including phenoxy) is 1. The number of amides is 2. The van der Waals surface area contributed by atoms with E-state index in [-0.39, 0.29) is 0 Å². The van der Waals surface area contributed by atoms with E-state index in [1.54, 1.807) is 0 Å².